The molecule has 8 heteroatoms. The van der Waals surface area contributed by atoms with Gasteiger partial charge in [0.05, 0.1) is 23.8 Å². The van der Waals surface area contributed by atoms with E-state index in [0.717, 1.165) is 35.9 Å². The minimum atomic E-state index is -4.60. The van der Waals surface area contributed by atoms with Crippen molar-refractivity contribution in [1.82, 2.24) is 14.5 Å². The maximum atomic E-state index is 14.7. The van der Waals surface area contributed by atoms with Crippen molar-refractivity contribution < 1.29 is 17.6 Å². The Kier molecular flexibility index (Phi) is 7.34. The van der Waals surface area contributed by atoms with Crippen molar-refractivity contribution in [2.75, 3.05) is 13.1 Å². The van der Waals surface area contributed by atoms with Gasteiger partial charge in [-0.25, -0.2) is 9.37 Å². The fourth-order valence-corrected chi connectivity index (χ4v) is 5.58. The van der Waals surface area contributed by atoms with Crippen molar-refractivity contribution in [2.45, 2.75) is 44.4 Å². The lowest BCUT2D eigenvalue weighted by atomic mass is 9.97. The van der Waals surface area contributed by atoms with Gasteiger partial charge in [0.2, 0.25) is 0 Å². The molecule has 1 fully saturated rings. The Morgan fingerprint density at radius 2 is 1.56 bits per heavy atom. The lowest BCUT2D eigenvalue weighted by Gasteiger charge is -2.26. The number of aromatic nitrogens is 2. The third kappa shape index (κ3) is 5.88. The van der Waals surface area contributed by atoms with Crippen LogP contribution in [0.2, 0.25) is 0 Å². The number of rotatable bonds is 7. The van der Waals surface area contributed by atoms with Crippen molar-refractivity contribution in [3.05, 3.63) is 146 Å². The highest BCUT2D eigenvalue weighted by molar-refractivity contribution is 5.37. The number of fused-ring (bicyclic) bond motifs is 1. The molecule has 0 radical (unpaired) electrons. The topological polar surface area (TPSA) is 37.9 Å². The van der Waals surface area contributed by atoms with E-state index < -0.39 is 17.6 Å². The molecule has 2 heterocycles. The minimum Gasteiger partial charge on any atom is -0.293 e. The second-order valence-electron chi connectivity index (χ2n) is 10.7. The summed E-state index contributed by atoms with van der Waals surface area (Å²) in [5.41, 5.74) is 3.22. The second kappa shape index (κ2) is 11.1. The van der Waals surface area contributed by atoms with Gasteiger partial charge in [-0.15, -0.1) is 0 Å². The molecule has 210 valence electrons. The van der Waals surface area contributed by atoms with Crippen LogP contribution in [0.5, 0.6) is 0 Å². The number of hydrogen-bond acceptors (Lipinski definition) is 3. The summed E-state index contributed by atoms with van der Waals surface area (Å²) in [5.74, 6) is -0.213. The summed E-state index contributed by atoms with van der Waals surface area (Å²) < 4.78 is 55.6. The Balaban J connectivity index is 1.40. The largest absolute Gasteiger partial charge is 0.416 e. The van der Waals surface area contributed by atoms with Crippen LogP contribution in [0.1, 0.15) is 51.8 Å². The van der Waals surface area contributed by atoms with Crippen LogP contribution in [0.4, 0.5) is 17.6 Å². The summed E-state index contributed by atoms with van der Waals surface area (Å²) in [6.45, 7) is 2.41. The predicted molar refractivity (Wildman–Crippen MR) is 149 cm³/mol. The highest BCUT2D eigenvalue weighted by atomic mass is 19.4. The molecule has 0 spiro atoms. The molecule has 0 bridgehead atoms. The summed E-state index contributed by atoms with van der Waals surface area (Å²) >= 11 is 0. The van der Waals surface area contributed by atoms with E-state index in [-0.39, 0.29) is 23.6 Å². The van der Waals surface area contributed by atoms with Crippen molar-refractivity contribution in [2.24, 2.45) is 0 Å². The smallest absolute Gasteiger partial charge is 0.293 e. The zero-order valence-electron chi connectivity index (χ0n) is 22.4. The summed E-state index contributed by atoms with van der Waals surface area (Å²) in [6, 6.07) is 22.2. The quantitative estimate of drug-likeness (QED) is 0.147. The lowest BCUT2D eigenvalue weighted by molar-refractivity contribution is -0.137. The SMILES string of the molecule is O=c1c2c(nc(CN3CC3)n1C(c1ccccc1)c1ccccc1)CC(Cc1ccc(C(F)(F)F)cc1F)=CCC2. The van der Waals surface area contributed by atoms with E-state index in [4.69, 9.17) is 4.98 Å². The summed E-state index contributed by atoms with van der Waals surface area (Å²) in [7, 11) is 0. The molecule has 0 N–H and O–H groups in total. The fraction of sp³-hybridized carbons (Fsp3) is 0.273. The van der Waals surface area contributed by atoms with Gasteiger partial charge in [0.15, 0.2) is 0 Å². The Morgan fingerprint density at radius 3 is 2.15 bits per heavy atom. The Labute approximate surface area is 235 Å². The third-order valence-corrected chi connectivity index (χ3v) is 7.78. The molecular formula is C33H29F4N3O. The van der Waals surface area contributed by atoms with Crippen LogP contribution >= 0.6 is 0 Å². The first-order valence-electron chi connectivity index (χ1n) is 13.8. The van der Waals surface area contributed by atoms with Crippen LogP contribution in [-0.4, -0.2) is 27.5 Å². The van der Waals surface area contributed by atoms with Crippen molar-refractivity contribution in [1.29, 1.82) is 0 Å². The Bertz CT molecular complexity index is 1600. The van der Waals surface area contributed by atoms with Crippen LogP contribution in [0.15, 0.2) is 95.3 Å². The molecule has 6 rings (SSSR count). The van der Waals surface area contributed by atoms with Gasteiger partial charge in [0.1, 0.15) is 11.6 Å². The highest BCUT2D eigenvalue weighted by Crippen LogP contribution is 2.32. The van der Waals surface area contributed by atoms with Crippen molar-refractivity contribution in [3.8, 4) is 0 Å². The van der Waals surface area contributed by atoms with E-state index in [9.17, 15) is 22.4 Å². The van der Waals surface area contributed by atoms with Crippen LogP contribution in [0, 0.1) is 5.82 Å². The van der Waals surface area contributed by atoms with Gasteiger partial charge in [-0.2, -0.15) is 13.2 Å². The van der Waals surface area contributed by atoms with Gasteiger partial charge in [-0.1, -0.05) is 78.4 Å². The molecule has 0 unspecified atom stereocenters. The molecule has 4 aromatic rings. The van der Waals surface area contributed by atoms with Gasteiger partial charge in [0, 0.05) is 25.1 Å². The summed E-state index contributed by atoms with van der Waals surface area (Å²) in [6.07, 6.45) is -1.07. The molecule has 0 atom stereocenters. The molecule has 1 aliphatic heterocycles. The molecule has 0 amide bonds. The van der Waals surface area contributed by atoms with Gasteiger partial charge in [-0.05, 0) is 48.1 Å². The van der Waals surface area contributed by atoms with Crippen molar-refractivity contribution in [3.63, 3.8) is 0 Å². The second-order valence-corrected chi connectivity index (χ2v) is 10.7. The first kappa shape index (κ1) is 27.1. The van der Waals surface area contributed by atoms with E-state index >= 15 is 0 Å². The first-order valence-corrected chi connectivity index (χ1v) is 13.8. The van der Waals surface area contributed by atoms with E-state index in [2.05, 4.69) is 4.90 Å². The number of alkyl halides is 3. The van der Waals surface area contributed by atoms with Crippen LogP contribution in [0.25, 0.3) is 0 Å². The fourth-order valence-electron chi connectivity index (χ4n) is 5.58. The number of nitrogens with zero attached hydrogens (tertiary/aromatic N) is 3. The lowest BCUT2D eigenvalue weighted by Crippen LogP contribution is -2.35. The number of halogens is 4. The van der Waals surface area contributed by atoms with Gasteiger partial charge < -0.3 is 0 Å². The first-order chi connectivity index (χ1) is 19.8. The van der Waals surface area contributed by atoms with Crippen molar-refractivity contribution >= 4 is 0 Å². The molecule has 41 heavy (non-hydrogen) atoms. The average molecular weight is 560 g/mol. The molecule has 1 saturated heterocycles. The molecule has 0 saturated carbocycles. The summed E-state index contributed by atoms with van der Waals surface area (Å²) in [4.78, 5) is 21.6. The number of allylic oxidation sites excluding steroid dienone is 2. The monoisotopic (exact) mass is 559 g/mol. The molecular weight excluding hydrogens is 530 g/mol. The Morgan fingerprint density at radius 1 is 0.902 bits per heavy atom. The number of hydrogen-bond donors (Lipinski definition) is 0. The number of benzene rings is 3. The normalized spacial score (nSPS) is 15.4. The molecule has 2 aliphatic rings. The molecule has 4 nitrogen and oxygen atoms in total. The zero-order chi connectivity index (χ0) is 28.6. The van der Waals surface area contributed by atoms with Crippen LogP contribution < -0.4 is 5.56 Å². The molecule has 3 aromatic carbocycles. The van der Waals surface area contributed by atoms with E-state index in [1.807, 2.05) is 71.3 Å². The molecule has 1 aromatic heterocycles. The summed E-state index contributed by atoms with van der Waals surface area (Å²) in [5, 5.41) is 0. The highest BCUT2D eigenvalue weighted by Gasteiger charge is 2.32. The zero-order valence-corrected chi connectivity index (χ0v) is 22.4. The van der Waals surface area contributed by atoms with Gasteiger partial charge in [0.25, 0.3) is 5.56 Å². The average Bonchev–Trinajstić information content (AvgIpc) is 3.79. The van der Waals surface area contributed by atoms with Gasteiger partial charge in [-0.3, -0.25) is 14.3 Å². The Hall–Kier alpha value is -4.04. The molecule has 1 aliphatic carbocycles. The van der Waals surface area contributed by atoms with E-state index in [1.165, 1.54) is 6.07 Å². The standard InChI is InChI=1S/C33H29F4N3O/c34-28-20-26(33(35,36)37)15-14-25(28)18-22-8-7-13-27-29(19-22)38-30(21-39-16-17-39)40(32(27)41)31(23-9-3-1-4-10-23)24-11-5-2-6-12-24/h1-6,8-12,14-15,20,31H,7,13,16-19,21H2. The maximum absolute atomic E-state index is 14.7. The van der Waals surface area contributed by atoms with E-state index in [1.54, 1.807) is 0 Å². The van der Waals surface area contributed by atoms with Crippen LogP contribution in [-0.2, 0) is 32.0 Å². The van der Waals surface area contributed by atoms with E-state index in [0.29, 0.717) is 49.0 Å². The maximum Gasteiger partial charge on any atom is 0.416 e. The third-order valence-electron chi connectivity index (χ3n) is 7.78. The van der Waals surface area contributed by atoms with Crippen LogP contribution in [0.3, 0.4) is 0 Å². The van der Waals surface area contributed by atoms with Gasteiger partial charge >= 0.3 is 6.18 Å². The minimum absolute atomic E-state index is 0.0834. The predicted octanol–water partition coefficient (Wildman–Crippen LogP) is 6.51.